The van der Waals surface area contributed by atoms with E-state index < -0.39 is 11.4 Å². The number of fused-ring (bicyclic) bond motifs is 1. The van der Waals surface area contributed by atoms with E-state index >= 15 is 0 Å². The molecule has 1 unspecified atom stereocenters. The van der Waals surface area contributed by atoms with Crippen LogP contribution in [0.4, 0.5) is 9.93 Å². The lowest BCUT2D eigenvalue weighted by Gasteiger charge is -2.25. The second-order valence-corrected chi connectivity index (χ2v) is 9.17. The highest BCUT2D eigenvalue weighted by molar-refractivity contribution is 8.00. The van der Waals surface area contributed by atoms with E-state index in [1.54, 1.807) is 36.4 Å². The summed E-state index contributed by atoms with van der Waals surface area (Å²) in [5, 5.41) is 5.38. The van der Waals surface area contributed by atoms with Crippen LogP contribution < -0.4 is 10.7 Å². The number of nitrogens with one attached hydrogen (secondary N) is 2. The second kappa shape index (κ2) is 7.96. The molecule has 4 rings (SSSR count). The highest BCUT2D eigenvalue weighted by Crippen LogP contribution is 2.41. The summed E-state index contributed by atoms with van der Waals surface area (Å²) in [6.45, 7) is 0. The summed E-state index contributed by atoms with van der Waals surface area (Å²) >= 11 is 20.8. The van der Waals surface area contributed by atoms with Crippen LogP contribution in [0.15, 0.2) is 36.4 Å². The molecule has 1 aliphatic rings. The molecule has 2 aromatic carbocycles. The van der Waals surface area contributed by atoms with Gasteiger partial charge in [-0.25, -0.2) is 20.2 Å². The second-order valence-electron chi connectivity index (χ2n) is 5.79. The summed E-state index contributed by atoms with van der Waals surface area (Å²) in [7, 11) is 0. The Morgan fingerprint density at radius 3 is 2.68 bits per heavy atom. The fraction of sp³-hybridized carbons (Fsp3) is 0.118. The van der Waals surface area contributed by atoms with Gasteiger partial charge in [0.1, 0.15) is 5.37 Å². The number of benzene rings is 2. The van der Waals surface area contributed by atoms with Crippen LogP contribution in [-0.2, 0) is 4.79 Å². The summed E-state index contributed by atoms with van der Waals surface area (Å²) in [5.41, 5.74) is 4.00. The highest BCUT2D eigenvalue weighted by Gasteiger charge is 2.35. The predicted octanol–water partition coefficient (Wildman–Crippen LogP) is 5.57. The number of rotatable bonds is 3. The van der Waals surface area contributed by atoms with Gasteiger partial charge in [-0.2, -0.15) is 0 Å². The Morgan fingerprint density at radius 1 is 1.14 bits per heavy atom. The van der Waals surface area contributed by atoms with Gasteiger partial charge in [0.15, 0.2) is 5.13 Å². The summed E-state index contributed by atoms with van der Waals surface area (Å²) in [6, 6.07) is 9.74. The van der Waals surface area contributed by atoms with Crippen molar-refractivity contribution in [1.82, 2.24) is 15.4 Å². The lowest BCUT2D eigenvalue weighted by Crippen LogP contribution is -2.46. The number of amides is 3. The third kappa shape index (κ3) is 4.01. The monoisotopic (exact) mass is 472 g/mol. The molecule has 0 saturated carbocycles. The summed E-state index contributed by atoms with van der Waals surface area (Å²) in [6.07, 6.45) is 0. The minimum Gasteiger partial charge on any atom is -0.282 e. The Hall–Kier alpha value is -1.71. The molecule has 0 bridgehead atoms. The van der Waals surface area contributed by atoms with Crippen LogP contribution in [0.5, 0.6) is 0 Å². The van der Waals surface area contributed by atoms with Gasteiger partial charge in [0.25, 0.3) is 5.91 Å². The van der Waals surface area contributed by atoms with Crippen LogP contribution in [0.1, 0.15) is 10.9 Å². The van der Waals surface area contributed by atoms with Crippen molar-refractivity contribution in [2.75, 3.05) is 11.1 Å². The standard InChI is InChI=1S/C17H11Cl3N4O2S2/c18-8-1-3-10(11(20)5-8)15-24(14(25)7-27-15)23-16(26)22-17-21-12-4-2-9(19)6-13(12)28-17/h1-6,15H,7H2,(H2,21,22,23,26). The zero-order valence-electron chi connectivity index (χ0n) is 13.9. The van der Waals surface area contributed by atoms with E-state index in [1.807, 2.05) is 0 Å². The van der Waals surface area contributed by atoms with Crippen LogP contribution in [0, 0.1) is 0 Å². The van der Waals surface area contributed by atoms with Crippen molar-refractivity contribution in [3.05, 3.63) is 57.0 Å². The number of carbonyl (C=O) groups is 2. The molecule has 0 radical (unpaired) electrons. The van der Waals surface area contributed by atoms with E-state index in [9.17, 15) is 9.59 Å². The number of nitrogens with zero attached hydrogens (tertiary/aromatic N) is 2. The maximum absolute atomic E-state index is 12.4. The number of hydrogen-bond acceptors (Lipinski definition) is 5. The van der Waals surface area contributed by atoms with Gasteiger partial charge >= 0.3 is 6.03 Å². The number of halogens is 3. The molecule has 6 nitrogen and oxygen atoms in total. The molecule has 1 aromatic heterocycles. The van der Waals surface area contributed by atoms with E-state index in [4.69, 9.17) is 34.8 Å². The van der Waals surface area contributed by atoms with E-state index in [-0.39, 0.29) is 11.7 Å². The van der Waals surface area contributed by atoms with Crippen molar-refractivity contribution in [3.8, 4) is 0 Å². The molecule has 1 atom stereocenters. The first-order chi connectivity index (χ1) is 13.4. The Bertz CT molecular complexity index is 1090. The van der Waals surface area contributed by atoms with Gasteiger partial charge in [-0.15, -0.1) is 11.8 Å². The first-order valence-corrected chi connectivity index (χ1v) is 10.9. The normalized spacial score (nSPS) is 16.6. The fourth-order valence-electron chi connectivity index (χ4n) is 2.66. The number of hydrogen-bond donors (Lipinski definition) is 2. The van der Waals surface area contributed by atoms with Crippen LogP contribution in [0.3, 0.4) is 0 Å². The van der Waals surface area contributed by atoms with Gasteiger partial charge in [-0.3, -0.25) is 10.1 Å². The van der Waals surface area contributed by atoms with Crippen LogP contribution in [0.2, 0.25) is 15.1 Å². The molecule has 1 fully saturated rings. The Balaban J connectivity index is 1.50. The largest absolute Gasteiger partial charge is 0.339 e. The SMILES string of the molecule is O=C(Nc1nc2ccc(Cl)cc2s1)NN1C(=O)CSC1c1ccc(Cl)cc1Cl. The van der Waals surface area contributed by atoms with Crippen LogP contribution >= 0.6 is 57.9 Å². The van der Waals surface area contributed by atoms with Crippen molar-refractivity contribution in [2.45, 2.75) is 5.37 Å². The number of thiazole rings is 1. The van der Waals surface area contributed by atoms with E-state index in [2.05, 4.69) is 15.7 Å². The van der Waals surface area contributed by atoms with Crippen molar-refractivity contribution in [2.24, 2.45) is 0 Å². The zero-order valence-corrected chi connectivity index (χ0v) is 17.8. The Kier molecular flexibility index (Phi) is 5.57. The average Bonchev–Trinajstić information content (AvgIpc) is 3.18. The summed E-state index contributed by atoms with van der Waals surface area (Å²) in [5.74, 6) is -0.00367. The Morgan fingerprint density at radius 2 is 1.89 bits per heavy atom. The summed E-state index contributed by atoms with van der Waals surface area (Å²) in [4.78, 5) is 29.0. The maximum atomic E-state index is 12.4. The van der Waals surface area contributed by atoms with Crippen molar-refractivity contribution in [3.63, 3.8) is 0 Å². The molecule has 0 spiro atoms. The molecular weight excluding hydrogens is 463 g/mol. The average molecular weight is 474 g/mol. The molecule has 2 heterocycles. The molecule has 11 heteroatoms. The van der Waals surface area contributed by atoms with Gasteiger partial charge in [-0.1, -0.05) is 52.2 Å². The first kappa shape index (κ1) is 19.6. The Labute approximate surface area is 183 Å². The molecule has 1 aliphatic heterocycles. The smallest absolute Gasteiger partial charge is 0.282 e. The van der Waals surface area contributed by atoms with Crippen LogP contribution in [0.25, 0.3) is 10.2 Å². The van der Waals surface area contributed by atoms with Gasteiger partial charge in [0, 0.05) is 20.6 Å². The predicted molar refractivity (Wildman–Crippen MR) is 115 cm³/mol. The number of aromatic nitrogens is 1. The molecule has 3 amide bonds. The number of anilines is 1. The molecule has 0 aliphatic carbocycles. The third-order valence-corrected chi connectivity index (χ3v) is 6.81. The molecule has 1 saturated heterocycles. The molecule has 3 aromatic rings. The summed E-state index contributed by atoms with van der Waals surface area (Å²) < 4.78 is 0.849. The maximum Gasteiger partial charge on any atom is 0.339 e. The number of urea groups is 1. The first-order valence-electron chi connectivity index (χ1n) is 7.93. The number of hydrazine groups is 1. The van der Waals surface area contributed by atoms with Gasteiger partial charge in [-0.05, 0) is 30.3 Å². The van der Waals surface area contributed by atoms with E-state index in [0.29, 0.717) is 25.8 Å². The zero-order chi connectivity index (χ0) is 19.8. The van der Waals surface area contributed by atoms with Gasteiger partial charge in [0.05, 0.1) is 16.0 Å². The van der Waals surface area contributed by atoms with Crippen LogP contribution in [-0.4, -0.2) is 27.7 Å². The van der Waals surface area contributed by atoms with E-state index in [0.717, 1.165) is 10.2 Å². The third-order valence-electron chi connectivity index (χ3n) is 3.89. The van der Waals surface area contributed by atoms with Crippen molar-refractivity contribution >= 4 is 85.2 Å². The molecule has 28 heavy (non-hydrogen) atoms. The molecular formula is C17H11Cl3N4O2S2. The van der Waals surface area contributed by atoms with Gasteiger partial charge in [0.2, 0.25) is 0 Å². The van der Waals surface area contributed by atoms with Gasteiger partial charge < -0.3 is 0 Å². The number of carbonyl (C=O) groups excluding carboxylic acids is 2. The molecule has 144 valence electrons. The quantitative estimate of drug-likeness (QED) is 0.522. The van der Waals surface area contributed by atoms with Crippen molar-refractivity contribution in [1.29, 1.82) is 0 Å². The molecule has 2 N–H and O–H groups in total. The van der Waals surface area contributed by atoms with Crippen molar-refractivity contribution < 1.29 is 9.59 Å². The minimum atomic E-state index is -0.573. The minimum absolute atomic E-state index is 0.226. The fourth-order valence-corrected chi connectivity index (χ4v) is 5.52. The lowest BCUT2D eigenvalue weighted by atomic mass is 10.2. The van der Waals surface area contributed by atoms with E-state index in [1.165, 1.54) is 28.1 Å². The lowest BCUT2D eigenvalue weighted by molar-refractivity contribution is -0.130. The highest BCUT2D eigenvalue weighted by atomic mass is 35.5. The topological polar surface area (TPSA) is 74.3 Å². The number of thioether (sulfide) groups is 1.